The molecule has 0 spiro atoms. The molecule has 0 radical (unpaired) electrons. The zero-order valence-corrected chi connectivity index (χ0v) is 23.4. The normalized spacial score (nSPS) is 23.1. The van der Waals surface area contributed by atoms with Gasteiger partial charge >= 0.3 is 6.09 Å². The summed E-state index contributed by atoms with van der Waals surface area (Å²) in [5, 5.41) is 10.0. The first kappa shape index (κ1) is 28.7. The Morgan fingerprint density at radius 1 is 1.21 bits per heavy atom. The molecule has 210 valence electrons. The number of halogens is 1. The van der Waals surface area contributed by atoms with E-state index in [2.05, 4.69) is 9.97 Å². The monoisotopic (exact) mass is 571 g/mol. The maximum absolute atomic E-state index is 11.7. The second kappa shape index (κ2) is 11.4. The zero-order valence-electron chi connectivity index (χ0n) is 21.8. The van der Waals surface area contributed by atoms with E-state index in [0.29, 0.717) is 53.9 Å². The maximum atomic E-state index is 11.7. The van der Waals surface area contributed by atoms with Crippen LogP contribution in [0.3, 0.4) is 0 Å². The average Bonchev–Trinajstić information content (AvgIpc) is 2.84. The summed E-state index contributed by atoms with van der Waals surface area (Å²) in [4.78, 5) is 21.8. The molecule has 1 aromatic carbocycles. The SMILES string of the molecule is Cc1c(Oc2ccc(CC3COS(O)(O)OC3)cc2Cl)ncnc1OC1CCN(C(=O)O)C(C(C)(C)C)C1. The van der Waals surface area contributed by atoms with Gasteiger partial charge in [0.15, 0.2) is 0 Å². The van der Waals surface area contributed by atoms with E-state index < -0.39 is 17.2 Å². The summed E-state index contributed by atoms with van der Waals surface area (Å²) in [6.07, 6.45) is 1.94. The lowest BCUT2D eigenvalue weighted by atomic mass is 9.80. The van der Waals surface area contributed by atoms with E-state index in [1.807, 2.05) is 26.8 Å². The number of ether oxygens (including phenoxy) is 2. The topological polar surface area (TPSA) is 144 Å². The number of rotatable bonds is 6. The molecule has 3 N–H and O–H groups in total. The Bertz CT molecular complexity index is 1150. The third-order valence-corrected chi connectivity index (χ3v) is 7.89. The van der Waals surface area contributed by atoms with Crippen LogP contribution in [-0.2, 0) is 14.8 Å². The summed E-state index contributed by atoms with van der Waals surface area (Å²) in [6.45, 7) is 8.61. The van der Waals surface area contributed by atoms with E-state index in [9.17, 15) is 19.0 Å². The Morgan fingerprint density at radius 2 is 1.89 bits per heavy atom. The molecule has 13 heteroatoms. The van der Waals surface area contributed by atoms with Gasteiger partial charge in [-0.2, -0.15) is 0 Å². The number of carbonyl (C=O) groups is 1. The molecule has 3 heterocycles. The van der Waals surface area contributed by atoms with Crippen molar-refractivity contribution in [3.63, 3.8) is 0 Å². The highest BCUT2D eigenvalue weighted by molar-refractivity contribution is 8.16. The van der Waals surface area contributed by atoms with Crippen LogP contribution in [0.25, 0.3) is 0 Å². The Balaban J connectivity index is 1.42. The highest BCUT2D eigenvalue weighted by Crippen LogP contribution is 2.45. The first-order valence-corrected chi connectivity index (χ1v) is 14.1. The van der Waals surface area contributed by atoms with Gasteiger partial charge in [0, 0.05) is 31.3 Å². The van der Waals surface area contributed by atoms with Crippen molar-refractivity contribution in [3.05, 3.63) is 40.7 Å². The van der Waals surface area contributed by atoms with Crippen LogP contribution in [0, 0.1) is 18.3 Å². The van der Waals surface area contributed by atoms with Crippen molar-refractivity contribution in [1.82, 2.24) is 14.9 Å². The van der Waals surface area contributed by atoms with Gasteiger partial charge in [0.25, 0.3) is 0 Å². The van der Waals surface area contributed by atoms with Crippen LogP contribution in [0.1, 0.15) is 44.7 Å². The van der Waals surface area contributed by atoms with E-state index in [-0.39, 0.29) is 36.7 Å². The van der Waals surface area contributed by atoms with Crippen LogP contribution in [0.2, 0.25) is 5.02 Å². The summed E-state index contributed by atoms with van der Waals surface area (Å²) in [7, 11) is 0. The lowest BCUT2D eigenvalue weighted by Gasteiger charge is -2.44. The highest BCUT2D eigenvalue weighted by atomic mass is 35.5. The lowest BCUT2D eigenvalue weighted by molar-refractivity contribution is 0.0113. The lowest BCUT2D eigenvalue weighted by Crippen LogP contribution is -2.53. The number of hydrogen-bond donors (Lipinski definition) is 3. The number of hydrogen-bond acceptors (Lipinski definition) is 9. The molecule has 11 nitrogen and oxygen atoms in total. The van der Waals surface area contributed by atoms with Crippen LogP contribution in [0.15, 0.2) is 24.5 Å². The van der Waals surface area contributed by atoms with Crippen molar-refractivity contribution in [2.24, 2.45) is 11.3 Å². The summed E-state index contributed by atoms with van der Waals surface area (Å²) in [5.74, 6) is 1.06. The smallest absolute Gasteiger partial charge is 0.407 e. The fraction of sp³-hybridized carbons (Fsp3) is 0.560. The maximum Gasteiger partial charge on any atom is 0.407 e. The third kappa shape index (κ3) is 6.99. The largest absolute Gasteiger partial charge is 0.474 e. The predicted octanol–water partition coefficient (Wildman–Crippen LogP) is 5.95. The van der Waals surface area contributed by atoms with Gasteiger partial charge in [0.1, 0.15) is 18.2 Å². The van der Waals surface area contributed by atoms with E-state index >= 15 is 0 Å². The molecule has 0 bridgehead atoms. The summed E-state index contributed by atoms with van der Waals surface area (Å²) < 4.78 is 41.0. The molecule has 0 aliphatic carbocycles. The molecule has 2 aromatic rings. The van der Waals surface area contributed by atoms with Crippen molar-refractivity contribution in [1.29, 1.82) is 0 Å². The average molecular weight is 572 g/mol. The number of amides is 1. The van der Waals surface area contributed by atoms with Gasteiger partial charge in [0.2, 0.25) is 22.9 Å². The predicted molar refractivity (Wildman–Crippen MR) is 142 cm³/mol. The zero-order chi connectivity index (χ0) is 27.7. The minimum absolute atomic E-state index is 0.0400. The molecular weight excluding hydrogens is 538 g/mol. The molecule has 2 saturated heterocycles. The van der Waals surface area contributed by atoms with E-state index in [4.69, 9.17) is 29.4 Å². The van der Waals surface area contributed by atoms with Crippen LogP contribution >= 0.6 is 22.8 Å². The van der Waals surface area contributed by atoms with Crippen LogP contribution in [0.4, 0.5) is 4.79 Å². The van der Waals surface area contributed by atoms with Crippen molar-refractivity contribution in [2.75, 3.05) is 19.8 Å². The number of carboxylic acid groups (broad SMARTS) is 1. The molecule has 2 unspecified atom stereocenters. The number of nitrogens with zero attached hydrogens (tertiary/aromatic N) is 3. The fourth-order valence-corrected chi connectivity index (χ4v) is 5.70. The van der Waals surface area contributed by atoms with Crippen molar-refractivity contribution >= 4 is 28.8 Å². The third-order valence-electron chi connectivity index (χ3n) is 6.71. The van der Waals surface area contributed by atoms with Gasteiger partial charge in [-0.1, -0.05) is 38.4 Å². The minimum atomic E-state index is -3.38. The van der Waals surface area contributed by atoms with Gasteiger partial charge in [-0.3, -0.25) is 17.5 Å². The van der Waals surface area contributed by atoms with Gasteiger partial charge in [-0.05, 0) is 36.5 Å². The Labute approximate surface area is 228 Å². The molecule has 1 aromatic heterocycles. The molecule has 0 saturated carbocycles. The van der Waals surface area contributed by atoms with Gasteiger partial charge in [-0.15, -0.1) is 0 Å². The van der Waals surface area contributed by atoms with Crippen LogP contribution in [0.5, 0.6) is 17.5 Å². The number of likely N-dealkylation sites (tertiary alicyclic amines) is 1. The molecule has 2 atom stereocenters. The molecule has 2 fully saturated rings. The Morgan fingerprint density at radius 3 is 2.53 bits per heavy atom. The highest BCUT2D eigenvalue weighted by Gasteiger charge is 2.39. The van der Waals surface area contributed by atoms with Gasteiger partial charge < -0.3 is 19.5 Å². The second-order valence-electron chi connectivity index (χ2n) is 10.7. The van der Waals surface area contributed by atoms with E-state index in [1.54, 1.807) is 19.1 Å². The molecule has 1 amide bonds. The first-order valence-electron chi connectivity index (χ1n) is 12.3. The second-order valence-corrected chi connectivity index (χ2v) is 12.5. The Kier molecular flexibility index (Phi) is 8.60. The summed E-state index contributed by atoms with van der Waals surface area (Å²) in [5.41, 5.74) is 1.29. The van der Waals surface area contributed by atoms with Crippen molar-refractivity contribution in [2.45, 2.75) is 59.1 Å². The Hall–Kier alpha value is -2.35. The molecule has 2 aliphatic rings. The quantitative estimate of drug-likeness (QED) is 0.380. The molecule has 38 heavy (non-hydrogen) atoms. The summed E-state index contributed by atoms with van der Waals surface area (Å²) in [6, 6.07) is 5.20. The van der Waals surface area contributed by atoms with Gasteiger partial charge in [0.05, 0.1) is 23.8 Å². The van der Waals surface area contributed by atoms with E-state index in [0.717, 1.165) is 5.56 Å². The minimum Gasteiger partial charge on any atom is -0.474 e. The van der Waals surface area contributed by atoms with Crippen molar-refractivity contribution < 1.29 is 36.8 Å². The van der Waals surface area contributed by atoms with Crippen molar-refractivity contribution in [3.8, 4) is 17.5 Å². The molecule has 2 aliphatic heterocycles. The molecular formula is C25H34ClN3O8S. The summed E-state index contributed by atoms with van der Waals surface area (Å²) >= 11 is 3.11. The standard InChI is InChI=1S/C25H34ClN3O8S/c1-15-22(36-18-7-8-29(24(30)31)21(11-18)25(2,3)4)27-14-28-23(15)37-20-6-5-16(10-19(20)26)9-17-12-34-38(32,33)35-13-17/h5-6,10,14,17-18,21,32-33H,7-9,11-13H2,1-4H3,(H,30,31). The number of benzene rings is 1. The number of piperidine rings is 1. The van der Waals surface area contributed by atoms with Crippen LogP contribution in [-0.4, -0.2) is 67.1 Å². The fourth-order valence-electron chi connectivity index (χ4n) is 4.65. The van der Waals surface area contributed by atoms with Gasteiger partial charge in [-0.25, -0.2) is 14.8 Å². The van der Waals surface area contributed by atoms with Crippen LogP contribution < -0.4 is 9.47 Å². The first-order chi connectivity index (χ1) is 17.8. The van der Waals surface area contributed by atoms with E-state index in [1.165, 1.54) is 11.2 Å². The molecule has 4 rings (SSSR count). The number of aromatic nitrogens is 2.